The average Bonchev–Trinajstić information content (AvgIpc) is 1.86. The molecule has 0 atom stereocenters. The summed E-state index contributed by atoms with van der Waals surface area (Å²) in [6.45, 7) is 4.93. The molecular formula is C5H10N4O. The SMILES string of the molecule is CC(=NO)C(C)(C)N=[N+]=[N-]. The van der Waals surface area contributed by atoms with E-state index in [2.05, 4.69) is 15.2 Å². The van der Waals surface area contributed by atoms with Crippen molar-refractivity contribution >= 4 is 5.71 Å². The summed E-state index contributed by atoms with van der Waals surface area (Å²) in [5, 5.41) is 14.6. The molecule has 0 aromatic rings. The van der Waals surface area contributed by atoms with E-state index in [0.717, 1.165) is 0 Å². The Balaban J connectivity index is 4.55. The Kier molecular flexibility index (Phi) is 2.70. The highest BCUT2D eigenvalue weighted by molar-refractivity contribution is 5.90. The second-order valence-corrected chi connectivity index (χ2v) is 2.43. The van der Waals surface area contributed by atoms with Gasteiger partial charge in [-0.15, -0.1) is 0 Å². The summed E-state index contributed by atoms with van der Waals surface area (Å²) in [5.41, 5.74) is 7.73. The fourth-order valence-electron chi connectivity index (χ4n) is 0.307. The lowest BCUT2D eigenvalue weighted by Crippen LogP contribution is -2.25. The van der Waals surface area contributed by atoms with Crippen LogP contribution < -0.4 is 0 Å². The number of rotatable bonds is 2. The van der Waals surface area contributed by atoms with E-state index < -0.39 is 5.54 Å². The molecule has 0 saturated heterocycles. The molecule has 0 aliphatic carbocycles. The minimum atomic E-state index is -0.733. The van der Waals surface area contributed by atoms with Crippen LogP contribution in [0.4, 0.5) is 0 Å². The van der Waals surface area contributed by atoms with Crippen molar-refractivity contribution in [2.75, 3.05) is 0 Å². The molecule has 0 aliphatic rings. The summed E-state index contributed by atoms with van der Waals surface area (Å²) in [6.07, 6.45) is 0. The molecule has 56 valence electrons. The Morgan fingerprint density at radius 2 is 2.10 bits per heavy atom. The van der Waals surface area contributed by atoms with Gasteiger partial charge >= 0.3 is 0 Å². The van der Waals surface area contributed by atoms with Gasteiger partial charge in [-0.2, -0.15) is 0 Å². The van der Waals surface area contributed by atoms with Crippen molar-refractivity contribution in [2.24, 2.45) is 10.3 Å². The van der Waals surface area contributed by atoms with Gasteiger partial charge < -0.3 is 5.21 Å². The van der Waals surface area contributed by atoms with Gasteiger partial charge in [0.05, 0.1) is 11.3 Å². The standard InChI is InChI=1S/C5H10N4O/c1-4(7-10)5(2,3)8-9-6/h10H,1-3H3. The molecule has 1 N–H and O–H groups in total. The average molecular weight is 142 g/mol. The fourth-order valence-corrected chi connectivity index (χ4v) is 0.307. The third-order valence-corrected chi connectivity index (χ3v) is 1.33. The molecule has 0 heterocycles. The van der Waals surface area contributed by atoms with Crippen LogP contribution in [0.25, 0.3) is 10.4 Å². The van der Waals surface area contributed by atoms with E-state index in [9.17, 15) is 0 Å². The molecule has 0 saturated carbocycles. The first-order valence-electron chi connectivity index (χ1n) is 2.80. The van der Waals surface area contributed by atoms with E-state index in [-0.39, 0.29) is 0 Å². The lowest BCUT2D eigenvalue weighted by molar-refractivity contribution is 0.314. The Labute approximate surface area is 59.0 Å². The van der Waals surface area contributed by atoms with Crippen LogP contribution in [0.5, 0.6) is 0 Å². The second-order valence-electron chi connectivity index (χ2n) is 2.43. The summed E-state index contributed by atoms with van der Waals surface area (Å²) in [4.78, 5) is 2.61. The molecule has 5 heteroatoms. The van der Waals surface area contributed by atoms with Gasteiger partial charge in [-0.05, 0) is 26.3 Å². The van der Waals surface area contributed by atoms with Gasteiger partial charge in [0.1, 0.15) is 0 Å². The maximum absolute atomic E-state index is 8.30. The first-order chi connectivity index (χ1) is 4.54. The number of hydrogen-bond acceptors (Lipinski definition) is 3. The Hall–Kier alpha value is -1.22. The Bertz CT molecular complexity index is 190. The van der Waals surface area contributed by atoms with E-state index in [1.54, 1.807) is 20.8 Å². The molecule has 0 radical (unpaired) electrons. The maximum atomic E-state index is 8.30. The molecule has 0 aliphatic heterocycles. The van der Waals surface area contributed by atoms with E-state index in [4.69, 9.17) is 10.7 Å². The maximum Gasteiger partial charge on any atom is 0.0844 e. The third-order valence-electron chi connectivity index (χ3n) is 1.33. The van der Waals surface area contributed by atoms with Gasteiger partial charge in [0, 0.05) is 4.91 Å². The predicted octanol–water partition coefficient (Wildman–Crippen LogP) is 1.93. The van der Waals surface area contributed by atoms with Gasteiger partial charge in [-0.25, -0.2) is 0 Å². The molecule has 0 aromatic heterocycles. The van der Waals surface area contributed by atoms with Crippen LogP contribution in [0.2, 0.25) is 0 Å². The molecule has 10 heavy (non-hydrogen) atoms. The smallest absolute Gasteiger partial charge is 0.0844 e. The first-order valence-corrected chi connectivity index (χ1v) is 2.80. The number of hydrogen-bond donors (Lipinski definition) is 1. The van der Waals surface area contributed by atoms with Crippen LogP contribution in [0.3, 0.4) is 0 Å². The molecule has 0 amide bonds. The minimum absolute atomic E-state index is 0.394. The highest BCUT2D eigenvalue weighted by Gasteiger charge is 2.19. The van der Waals surface area contributed by atoms with Crippen molar-refractivity contribution in [3.63, 3.8) is 0 Å². The van der Waals surface area contributed by atoms with Crippen LogP contribution in [-0.4, -0.2) is 16.5 Å². The number of nitrogens with zero attached hydrogens (tertiary/aromatic N) is 4. The summed E-state index contributed by atoms with van der Waals surface area (Å²) < 4.78 is 0. The molecular weight excluding hydrogens is 132 g/mol. The zero-order chi connectivity index (χ0) is 8.20. The summed E-state index contributed by atoms with van der Waals surface area (Å²) in [6, 6.07) is 0. The van der Waals surface area contributed by atoms with Crippen molar-refractivity contribution in [2.45, 2.75) is 26.3 Å². The zero-order valence-electron chi connectivity index (χ0n) is 6.24. The van der Waals surface area contributed by atoms with Gasteiger partial charge in [0.25, 0.3) is 0 Å². The van der Waals surface area contributed by atoms with Crippen LogP contribution in [0.15, 0.2) is 10.3 Å². The number of azide groups is 1. The highest BCUT2D eigenvalue weighted by Crippen LogP contribution is 2.10. The topological polar surface area (TPSA) is 81.4 Å². The van der Waals surface area contributed by atoms with E-state index in [1.807, 2.05) is 0 Å². The fraction of sp³-hybridized carbons (Fsp3) is 0.800. The lowest BCUT2D eigenvalue weighted by atomic mass is 10.0. The summed E-state index contributed by atoms with van der Waals surface area (Å²) in [5.74, 6) is 0. The van der Waals surface area contributed by atoms with Gasteiger partial charge in [0.2, 0.25) is 0 Å². The van der Waals surface area contributed by atoms with Crippen LogP contribution in [-0.2, 0) is 0 Å². The quantitative estimate of drug-likeness (QED) is 0.157. The normalized spacial score (nSPS) is 12.5. The minimum Gasteiger partial charge on any atom is -0.411 e. The van der Waals surface area contributed by atoms with Crippen molar-refractivity contribution in [1.29, 1.82) is 0 Å². The first kappa shape index (κ1) is 8.78. The third kappa shape index (κ3) is 1.95. The predicted molar refractivity (Wildman–Crippen MR) is 38.1 cm³/mol. The van der Waals surface area contributed by atoms with Crippen molar-refractivity contribution in [3.05, 3.63) is 10.4 Å². The van der Waals surface area contributed by atoms with Crippen molar-refractivity contribution in [3.8, 4) is 0 Å². The van der Waals surface area contributed by atoms with Gasteiger partial charge in [-0.1, -0.05) is 10.3 Å². The number of oxime groups is 1. The Morgan fingerprint density at radius 3 is 2.40 bits per heavy atom. The van der Waals surface area contributed by atoms with Crippen LogP contribution in [0.1, 0.15) is 20.8 Å². The largest absolute Gasteiger partial charge is 0.411 e. The molecule has 0 bridgehead atoms. The van der Waals surface area contributed by atoms with E-state index in [0.29, 0.717) is 5.71 Å². The molecule has 5 nitrogen and oxygen atoms in total. The molecule has 0 spiro atoms. The monoisotopic (exact) mass is 142 g/mol. The molecule has 0 fully saturated rings. The van der Waals surface area contributed by atoms with Gasteiger partial charge in [-0.3, -0.25) is 0 Å². The van der Waals surface area contributed by atoms with Crippen LogP contribution >= 0.6 is 0 Å². The Morgan fingerprint density at radius 1 is 1.60 bits per heavy atom. The van der Waals surface area contributed by atoms with E-state index in [1.165, 1.54) is 0 Å². The summed E-state index contributed by atoms with van der Waals surface area (Å²) >= 11 is 0. The second kappa shape index (κ2) is 3.08. The molecule has 0 aromatic carbocycles. The van der Waals surface area contributed by atoms with Gasteiger partial charge in [0.15, 0.2) is 0 Å². The lowest BCUT2D eigenvalue weighted by Gasteiger charge is -2.14. The van der Waals surface area contributed by atoms with E-state index >= 15 is 0 Å². The van der Waals surface area contributed by atoms with Crippen molar-refractivity contribution in [1.82, 2.24) is 0 Å². The molecule has 0 unspecified atom stereocenters. The summed E-state index contributed by atoms with van der Waals surface area (Å²) in [7, 11) is 0. The van der Waals surface area contributed by atoms with Crippen molar-refractivity contribution < 1.29 is 5.21 Å². The van der Waals surface area contributed by atoms with Crippen LogP contribution in [0, 0.1) is 0 Å². The molecule has 0 rings (SSSR count). The highest BCUT2D eigenvalue weighted by atomic mass is 16.4. The zero-order valence-corrected chi connectivity index (χ0v) is 6.24.